The fourth-order valence-corrected chi connectivity index (χ4v) is 2.48. The molecule has 20 heavy (non-hydrogen) atoms. The van der Waals surface area contributed by atoms with Crippen molar-refractivity contribution in [2.75, 3.05) is 13.6 Å². The maximum atomic E-state index is 12.1. The van der Waals surface area contributed by atoms with Crippen molar-refractivity contribution in [3.8, 4) is 0 Å². The van der Waals surface area contributed by atoms with E-state index in [9.17, 15) is 4.79 Å². The lowest BCUT2D eigenvalue weighted by Crippen LogP contribution is -2.18. The van der Waals surface area contributed by atoms with E-state index in [0.717, 1.165) is 11.1 Å². The van der Waals surface area contributed by atoms with Crippen LogP contribution in [0.4, 0.5) is 0 Å². The number of ether oxygens (including phenoxy) is 1. The molecular weight excluding hydrogens is 250 g/mol. The van der Waals surface area contributed by atoms with E-state index in [2.05, 4.69) is 0 Å². The average Bonchev–Trinajstić information content (AvgIpc) is 3.32. The van der Waals surface area contributed by atoms with Crippen molar-refractivity contribution in [2.45, 2.75) is 12.0 Å². The Hall–Kier alpha value is -2.13. The van der Waals surface area contributed by atoms with Gasteiger partial charge in [0.1, 0.15) is 0 Å². The van der Waals surface area contributed by atoms with E-state index in [1.54, 1.807) is 18.2 Å². The summed E-state index contributed by atoms with van der Waals surface area (Å²) in [5.74, 6) is -0.563. The van der Waals surface area contributed by atoms with Gasteiger partial charge in [-0.05, 0) is 23.3 Å². The van der Waals surface area contributed by atoms with Crippen molar-refractivity contribution in [3.63, 3.8) is 0 Å². The van der Waals surface area contributed by atoms with Gasteiger partial charge in [-0.25, -0.2) is 0 Å². The summed E-state index contributed by atoms with van der Waals surface area (Å²) in [6, 6.07) is 17.0. The van der Waals surface area contributed by atoms with Crippen LogP contribution in [0.3, 0.4) is 0 Å². The first-order valence-corrected chi connectivity index (χ1v) is 6.53. The molecule has 0 aliphatic carbocycles. The van der Waals surface area contributed by atoms with Crippen LogP contribution in [0.5, 0.6) is 0 Å². The minimum atomic E-state index is -2.49. The van der Waals surface area contributed by atoms with E-state index < -0.39 is 12.9 Å². The minimum Gasteiger partial charge on any atom is -0.372 e. The Bertz CT molecular complexity index is 696. The number of nitrogens with one attached hydrogen (secondary N) is 1. The quantitative estimate of drug-likeness (QED) is 0.868. The van der Waals surface area contributed by atoms with Gasteiger partial charge in [0, 0.05) is 22.6 Å². The first-order chi connectivity index (χ1) is 10.9. The Morgan fingerprint density at radius 1 is 1.25 bits per heavy atom. The molecule has 0 radical (unpaired) electrons. The smallest absolute Gasteiger partial charge is 0.251 e. The van der Waals surface area contributed by atoms with E-state index in [0.29, 0.717) is 12.2 Å². The van der Waals surface area contributed by atoms with Crippen LogP contribution in [-0.4, -0.2) is 25.6 Å². The van der Waals surface area contributed by atoms with Crippen LogP contribution in [0, 0.1) is 0 Å². The molecule has 0 bridgehead atoms. The standard InChI is InChI=1S/C17H17NO2/c1-18-17(19)14-9-5-8-13(10-14)16(15-11-20-15)12-6-3-2-4-7-12/h2-10,15-16H,11H2,1H3,(H,18,19)/i1D3. The average molecular weight is 270 g/mol. The van der Waals surface area contributed by atoms with Crippen LogP contribution in [0.1, 0.15) is 31.5 Å². The maximum Gasteiger partial charge on any atom is 0.251 e. The Labute approximate surface area is 122 Å². The van der Waals surface area contributed by atoms with Crippen molar-refractivity contribution in [1.29, 1.82) is 0 Å². The second-order valence-electron chi connectivity index (χ2n) is 4.84. The van der Waals surface area contributed by atoms with Gasteiger partial charge in [0.25, 0.3) is 5.91 Å². The second kappa shape index (κ2) is 5.47. The van der Waals surface area contributed by atoms with Crippen LogP contribution in [0.2, 0.25) is 0 Å². The third kappa shape index (κ3) is 2.58. The number of hydrogen-bond acceptors (Lipinski definition) is 2. The predicted molar refractivity (Wildman–Crippen MR) is 77.9 cm³/mol. The van der Waals surface area contributed by atoms with E-state index in [-0.39, 0.29) is 12.0 Å². The van der Waals surface area contributed by atoms with Gasteiger partial charge in [-0.1, -0.05) is 42.5 Å². The maximum absolute atomic E-state index is 12.1. The Morgan fingerprint density at radius 2 is 2.00 bits per heavy atom. The largest absolute Gasteiger partial charge is 0.372 e. The number of hydrogen-bond donors (Lipinski definition) is 1. The summed E-state index contributed by atoms with van der Waals surface area (Å²) in [6.07, 6.45) is 0.0957. The second-order valence-corrected chi connectivity index (χ2v) is 4.84. The highest BCUT2D eigenvalue weighted by atomic mass is 16.6. The molecule has 0 saturated carbocycles. The van der Waals surface area contributed by atoms with Gasteiger partial charge in [0.05, 0.1) is 12.7 Å². The number of rotatable bonds is 4. The van der Waals surface area contributed by atoms with Crippen LogP contribution in [0.15, 0.2) is 54.6 Å². The summed E-state index contributed by atoms with van der Waals surface area (Å²) in [6.45, 7) is -1.81. The molecule has 102 valence electrons. The first kappa shape index (κ1) is 9.72. The lowest BCUT2D eigenvalue weighted by atomic mass is 9.88. The summed E-state index contributed by atoms with van der Waals surface area (Å²) in [4.78, 5) is 12.1. The number of epoxide rings is 1. The highest BCUT2D eigenvalue weighted by Gasteiger charge is 2.35. The van der Waals surface area contributed by atoms with Crippen LogP contribution in [0.25, 0.3) is 0 Å². The molecule has 0 aromatic heterocycles. The van der Waals surface area contributed by atoms with Gasteiger partial charge in [-0.15, -0.1) is 0 Å². The highest BCUT2D eigenvalue weighted by molar-refractivity contribution is 5.94. The van der Waals surface area contributed by atoms with Gasteiger partial charge in [-0.3, -0.25) is 4.79 Å². The van der Waals surface area contributed by atoms with Crippen molar-refractivity contribution in [3.05, 3.63) is 71.3 Å². The number of benzene rings is 2. The number of amides is 1. The Kier molecular flexibility index (Phi) is 2.66. The van der Waals surface area contributed by atoms with Crippen molar-refractivity contribution >= 4 is 5.91 Å². The summed E-state index contributed by atoms with van der Waals surface area (Å²) in [7, 11) is 0. The molecule has 1 aliphatic heterocycles. The lowest BCUT2D eigenvalue weighted by Gasteiger charge is -2.16. The molecule has 1 N–H and O–H groups in total. The van der Waals surface area contributed by atoms with Gasteiger partial charge in [0.2, 0.25) is 0 Å². The van der Waals surface area contributed by atoms with Crippen molar-refractivity contribution in [2.24, 2.45) is 0 Å². The summed E-state index contributed by atoms with van der Waals surface area (Å²) in [5.41, 5.74) is 2.39. The summed E-state index contributed by atoms with van der Waals surface area (Å²) >= 11 is 0. The molecule has 3 heteroatoms. The molecule has 2 unspecified atom stereocenters. The molecule has 1 heterocycles. The SMILES string of the molecule is [2H]C([2H])([2H])NC(=O)c1cccc(C(c2ccccc2)C2CO2)c1. The molecule has 1 aliphatic rings. The van der Waals surface area contributed by atoms with Crippen molar-refractivity contribution < 1.29 is 13.6 Å². The van der Waals surface area contributed by atoms with E-state index >= 15 is 0 Å². The molecule has 1 amide bonds. The zero-order valence-corrected chi connectivity index (χ0v) is 10.9. The van der Waals surface area contributed by atoms with Gasteiger partial charge in [0.15, 0.2) is 0 Å². The van der Waals surface area contributed by atoms with Gasteiger partial charge >= 0.3 is 0 Å². The molecular formula is C17H17NO2. The van der Waals surface area contributed by atoms with E-state index in [4.69, 9.17) is 8.85 Å². The molecule has 2 atom stereocenters. The molecule has 1 saturated heterocycles. The first-order valence-electron chi connectivity index (χ1n) is 8.03. The number of carbonyl (C=O) groups is 1. The zero-order chi connectivity index (χ0) is 16.4. The van der Waals surface area contributed by atoms with E-state index in [1.807, 2.05) is 41.7 Å². The Morgan fingerprint density at radius 3 is 2.70 bits per heavy atom. The van der Waals surface area contributed by atoms with Crippen LogP contribution < -0.4 is 5.32 Å². The zero-order valence-electron chi connectivity index (χ0n) is 13.9. The topological polar surface area (TPSA) is 41.6 Å². The van der Waals surface area contributed by atoms with Gasteiger partial charge < -0.3 is 10.1 Å². The third-order valence-corrected chi connectivity index (χ3v) is 3.51. The molecule has 2 aromatic rings. The molecule has 0 spiro atoms. The van der Waals surface area contributed by atoms with Crippen molar-refractivity contribution in [1.82, 2.24) is 5.32 Å². The Balaban J connectivity index is 1.90. The highest BCUT2D eigenvalue weighted by Crippen LogP contribution is 2.35. The van der Waals surface area contributed by atoms with Gasteiger partial charge in [-0.2, -0.15) is 0 Å². The fraction of sp³-hybridized carbons (Fsp3) is 0.235. The number of carbonyl (C=O) groups excluding carboxylic acids is 1. The summed E-state index contributed by atoms with van der Waals surface area (Å²) in [5, 5.41) is 2.02. The third-order valence-electron chi connectivity index (χ3n) is 3.51. The fourth-order valence-electron chi connectivity index (χ4n) is 2.48. The lowest BCUT2D eigenvalue weighted by molar-refractivity contribution is 0.0963. The predicted octanol–water partition coefficient (Wildman–Crippen LogP) is 2.58. The minimum absolute atomic E-state index is 0.0386. The van der Waals surface area contributed by atoms with Crippen LogP contribution >= 0.6 is 0 Å². The normalized spacial score (nSPS) is 21.2. The monoisotopic (exact) mass is 270 g/mol. The molecule has 2 aromatic carbocycles. The summed E-state index contributed by atoms with van der Waals surface area (Å²) < 4.78 is 26.9. The van der Waals surface area contributed by atoms with E-state index in [1.165, 1.54) is 0 Å². The molecule has 1 fully saturated rings. The molecule has 3 nitrogen and oxygen atoms in total. The molecule has 3 rings (SSSR count). The van der Waals surface area contributed by atoms with Crippen LogP contribution in [-0.2, 0) is 4.74 Å².